The van der Waals surface area contributed by atoms with E-state index in [1.165, 1.54) is 6.07 Å². The highest BCUT2D eigenvalue weighted by Gasteiger charge is 2.32. The van der Waals surface area contributed by atoms with Crippen molar-refractivity contribution >= 4 is 5.97 Å². The second kappa shape index (κ2) is 10.9. The highest BCUT2D eigenvalue weighted by Crippen LogP contribution is 2.33. The lowest BCUT2D eigenvalue weighted by Crippen LogP contribution is -2.37. The monoisotopic (exact) mass is 483 g/mol. The molecule has 0 aliphatic heterocycles. The highest BCUT2D eigenvalue weighted by molar-refractivity contribution is 5.76. The van der Waals surface area contributed by atoms with Crippen LogP contribution in [-0.2, 0) is 33.5 Å². The molecule has 1 N–H and O–H groups in total. The van der Waals surface area contributed by atoms with Crippen molar-refractivity contribution in [1.29, 1.82) is 0 Å². The van der Waals surface area contributed by atoms with Gasteiger partial charge >= 0.3 is 12.1 Å². The Labute approximate surface area is 197 Å². The number of carboxylic acid groups (broad SMARTS) is 1. The first-order valence-corrected chi connectivity index (χ1v) is 11.6. The standard InChI is InChI=1S/C25H32F3NO5/c1-4-21-20(29-22(34-21)18-9-6-10-19(12-18)25(26,27)28)15-32-13-16-7-5-8-17(11-16)14-33-24(2,3)23(30)31/h6,9-10,12,16-17H,4-5,7-8,11,13-15H2,1-3H3,(H,30,31)/t16-,17?/m1/s1. The number of benzene rings is 1. The molecule has 1 unspecified atom stereocenters. The number of carbonyl (C=O) groups is 1. The van der Waals surface area contributed by atoms with Gasteiger partial charge in [-0.15, -0.1) is 0 Å². The third-order valence-electron chi connectivity index (χ3n) is 6.21. The maximum absolute atomic E-state index is 13.0. The summed E-state index contributed by atoms with van der Waals surface area (Å²) in [5, 5.41) is 9.20. The Balaban J connectivity index is 1.56. The number of hydrogen-bond acceptors (Lipinski definition) is 5. The van der Waals surface area contributed by atoms with Gasteiger partial charge in [-0.05, 0) is 63.1 Å². The topological polar surface area (TPSA) is 81.8 Å². The van der Waals surface area contributed by atoms with Gasteiger partial charge in [0.15, 0.2) is 5.60 Å². The summed E-state index contributed by atoms with van der Waals surface area (Å²) in [5.74, 6) is 0.379. The Hall–Kier alpha value is -2.39. The zero-order chi connectivity index (χ0) is 24.9. The fourth-order valence-electron chi connectivity index (χ4n) is 4.14. The Morgan fingerprint density at radius 2 is 1.91 bits per heavy atom. The normalized spacial score (nSPS) is 19.4. The van der Waals surface area contributed by atoms with Crippen molar-refractivity contribution in [3.05, 3.63) is 41.3 Å². The average Bonchev–Trinajstić information content (AvgIpc) is 3.21. The highest BCUT2D eigenvalue weighted by atomic mass is 19.4. The second-order valence-corrected chi connectivity index (χ2v) is 9.36. The van der Waals surface area contributed by atoms with Crippen LogP contribution in [0.25, 0.3) is 11.5 Å². The van der Waals surface area contributed by atoms with Gasteiger partial charge < -0.3 is 19.0 Å². The number of rotatable bonds is 10. The molecule has 0 amide bonds. The van der Waals surface area contributed by atoms with Crippen LogP contribution in [0.1, 0.15) is 63.5 Å². The van der Waals surface area contributed by atoms with Crippen LogP contribution in [0, 0.1) is 11.8 Å². The lowest BCUT2D eigenvalue weighted by molar-refractivity contribution is -0.163. The SMILES string of the molecule is CCc1oc(-c2cccc(C(F)(F)F)c2)nc1COC[C@@H]1CCCC(COC(C)(C)C(=O)O)C1. The molecule has 34 heavy (non-hydrogen) atoms. The molecule has 1 fully saturated rings. The number of aryl methyl sites for hydroxylation is 1. The molecule has 6 nitrogen and oxygen atoms in total. The minimum absolute atomic E-state index is 0.150. The first-order chi connectivity index (χ1) is 16.0. The van der Waals surface area contributed by atoms with Crippen LogP contribution in [0.3, 0.4) is 0 Å². The largest absolute Gasteiger partial charge is 0.479 e. The molecule has 1 aromatic heterocycles. The molecule has 3 rings (SSSR count). The van der Waals surface area contributed by atoms with E-state index in [1.54, 1.807) is 19.9 Å². The molecule has 0 saturated heterocycles. The van der Waals surface area contributed by atoms with Crippen LogP contribution < -0.4 is 0 Å². The van der Waals surface area contributed by atoms with Crippen molar-refractivity contribution in [2.75, 3.05) is 13.2 Å². The predicted octanol–water partition coefficient (Wildman–Crippen LogP) is 6.13. The summed E-state index contributed by atoms with van der Waals surface area (Å²) < 4.78 is 56.4. The zero-order valence-electron chi connectivity index (χ0n) is 19.8. The van der Waals surface area contributed by atoms with Gasteiger partial charge in [-0.25, -0.2) is 9.78 Å². The number of oxazole rings is 1. The van der Waals surface area contributed by atoms with Crippen LogP contribution in [0.4, 0.5) is 13.2 Å². The van der Waals surface area contributed by atoms with E-state index in [0.29, 0.717) is 37.0 Å². The fraction of sp³-hybridized carbons (Fsp3) is 0.600. The van der Waals surface area contributed by atoms with Gasteiger partial charge in [0.2, 0.25) is 5.89 Å². The summed E-state index contributed by atoms with van der Waals surface area (Å²) in [6, 6.07) is 4.93. The van der Waals surface area contributed by atoms with Crippen molar-refractivity contribution in [1.82, 2.24) is 4.98 Å². The molecule has 9 heteroatoms. The van der Waals surface area contributed by atoms with Crippen LogP contribution in [0.5, 0.6) is 0 Å². The molecule has 188 valence electrons. The lowest BCUT2D eigenvalue weighted by Gasteiger charge is -2.31. The molecule has 1 saturated carbocycles. The average molecular weight is 484 g/mol. The minimum Gasteiger partial charge on any atom is -0.479 e. The summed E-state index contributed by atoms with van der Waals surface area (Å²) in [4.78, 5) is 15.6. The van der Waals surface area contributed by atoms with Crippen LogP contribution in [0.2, 0.25) is 0 Å². The van der Waals surface area contributed by atoms with Crippen molar-refractivity contribution in [3.8, 4) is 11.5 Å². The number of halogens is 3. The minimum atomic E-state index is -4.44. The van der Waals surface area contributed by atoms with Crippen molar-refractivity contribution in [2.45, 2.75) is 71.3 Å². The lowest BCUT2D eigenvalue weighted by atomic mass is 9.82. The number of aliphatic carboxylic acids is 1. The van der Waals surface area contributed by atoms with Gasteiger partial charge in [0.05, 0.1) is 18.8 Å². The van der Waals surface area contributed by atoms with E-state index in [2.05, 4.69) is 4.98 Å². The van der Waals surface area contributed by atoms with E-state index < -0.39 is 23.3 Å². The Morgan fingerprint density at radius 1 is 1.21 bits per heavy atom. The summed E-state index contributed by atoms with van der Waals surface area (Å²) in [6.07, 6.45) is 0.0505. The van der Waals surface area contributed by atoms with Gasteiger partial charge in [0, 0.05) is 18.6 Å². The maximum atomic E-state index is 13.0. The number of nitrogens with zero attached hydrogens (tertiary/aromatic N) is 1. The number of alkyl halides is 3. The van der Waals surface area contributed by atoms with Crippen molar-refractivity contribution < 1.29 is 37.0 Å². The van der Waals surface area contributed by atoms with Gasteiger partial charge in [-0.3, -0.25) is 0 Å². The molecule has 1 aromatic carbocycles. The molecule has 0 radical (unpaired) electrons. The number of hydrogen-bond donors (Lipinski definition) is 1. The van der Waals surface area contributed by atoms with Crippen molar-refractivity contribution in [3.63, 3.8) is 0 Å². The molecule has 1 aliphatic rings. The van der Waals surface area contributed by atoms with E-state index in [0.717, 1.165) is 37.8 Å². The molecule has 2 aromatic rings. The van der Waals surface area contributed by atoms with Gasteiger partial charge in [-0.2, -0.15) is 13.2 Å². The van der Waals surface area contributed by atoms with Gasteiger partial charge in [0.1, 0.15) is 11.5 Å². The number of ether oxygens (including phenoxy) is 2. The molecule has 2 atom stereocenters. The summed E-state index contributed by atoms with van der Waals surface area (Å²) in [7, 11) is 0. The van der Waals surface area contributed by atoms with E-state index >= 15 is 0 Å². The van der Waals surface area contributed by atoms with Crippen molar-refractivity contribution in [2.24, 2.45) is 11.8 Å². The van der Waals surface area contributed by atoms with Gasteiger partial charge in [0.25, 0.3) is 0 Å². The molecular weight excluding hydrogens is 451 g/mol. The van der Waals surface area contributed by atoms with Crippen LogP contribution in [-0.4, -0.2) is 34.9 Å². The smallest absolute Gasteiger partial charge is 0.416 e. The Morgan fingerprint density at radius 3 is 2.56 bits per heavy atom. The predicted molar refractivity (Wildman–Crippen MR) is 119 cm³/mol. The van der Waals surface area contributed by atoms with Crippen LogP contribution in [0.15, 0.2) is 28.7 Å². The first-order valence-electron chi connectivity index (χ1n) is 11.6. The number of carboxylic acids is 1. The Bertz CT molecular complexity index is 970. The molecule has 1 heterocycles. The maximum Gasteiger partial charge on any atom is 0.416 e. The van der Waals surface area contributed by atoms with E-state index in [-0.39, 0.29) is 24.0 Å². The van der Waals surface area contributed by atoms with Crippen LogP contribution >= 0.6 is 0 Å². The Kier molecular flexibility index (Phi) is 8.41. The molecule has 0 bridgehead atoms. The van der Waals surface area contributed by atoms with E-state index in [1.807, 2.05) is 6.92 Å². The second-order valence-electron chi connectivity index (χ2n) is 9.36. The summed E-state index contributed by atoms with van der Waals surface area (Å²) in [6.45, 7) is 6.14. The molecule has 1 aliphatic carbocycles. The van der Waals surface area contributed by atoms with Gasteiger partial charge in [-0.1, -0.05) is 19.4 Å². The fourth-order valence-corrected chi connectivity index (χ4v) is 4.14. The summed E-state index contributed by atoms with van der Waals surface area (Å²) in [5.41, 5.74) is -1.09. The third kappa shape index (κ3) is 6.82. The first kappa shape index (κ1) is 26.2. The summed E-state index contributed by atoms with van der Waals surface area (Å²) >= 11 is 0. The van der Waals surface area contributed by atoms with E-state index in [4.69, 9.17) is 13.9 Å². The molecule has 0 spiro atoms. The number of aromatic nitrogens is 1. The third-order valence-corrected chi connectivity index (χ3v) is 6.21. The molecular formula is C25H32F3NO5. The van der Waals surface area contributed by atoms with E-state index in [9.17, 15) is 23.1 Å². The quantitative estimate of drug-likeness (QED) is 0.438. The zero-order valence-corrected chi connectivity index (χ0v) is 19.8.